The van der Waals surface area contributed by atoms with Crippen LogP contribution < -0.4 is 0 Å². The first-order valence-electron chi connectivity index (χ1n) is 10.0. The van der Waals surface area contributed by atoms with Crippen LogP contribution in [0.15, 0.2) is 85.0 Å². The normalized spacial score (nSPS) is 10.6. The highest BCUT2D eigenvalue weighted by Gasteiger charge is 2.49. The molecule has 4 heteroatoms. The molecule has 0 saturated heterocycles. The fourth-order valence-corrected chi connectivity index (χ4v) is 3.25. The van der Waals surface area contributed by atoms with Gasteiger partial charge in [0.1, 0.15) is 13.2 Å². The van der Waals surface area contributed by atoms with E-state index >= 15 is 0 Å². The number of rotatable bonds is 11. The first kappa shape index (κ1) is 23.7. The molecule has 160 valence electrons. The van der Waals surface area contributed by atoms with E-state index < -0.39 is 17.4 Å². The summed E-state index contributed by atoms with van der Waals surface area (Å²) in [6.07, 6.45) is 5.93. The molecule has 0 radical (unpaired) electrons. The summed E-state index contributed by atoms with van der Waals surface area (Å²) in [6, 6.07) is 18.5. The van der Waals surface area contributed by atoms with Gasteiger partial charge >= 0.3 is 11.9 Å². The molecular weight excluding hydrogens is 388 g/mol. The first-order valence-corrected chi connectivity index (χ1v) is 10.0. The van der Waals surface area contributed by atoms with Crippen molar-refractivity contribution in [3.8, 4) is 12.3 Å². The van der Waals surface area contributed by atoms with Gasteiger partial charge in [-0.3, -0.25) is 9.59 Å². The van der Waals surface area contributed by atoms with Crippen molar-refractivity contribution in [2.75, 3.05) is 0 Å². The van der Waals surface area contributed by atoms with Crippen molar-refractivity contribution in [1.29, 1.82) is 0 Å². The Morgan fingerprint density at radius 1 is 0.903 bits per heavy atom. The Morgan fingerprint density at radius 3 is 1.74 bits per heavy atom. The molecule has 0 saturated carbocycles. The lowest BCUT2D eigenvalue weighted by Gasteiger charge is -2.28. The molecule has 0 aliphatic heterocycles. The van der Waals surface area contributed by atoms with Crippen molar-refractivity contribution in [1.82, 2.24) is 0 Å². The van der Waals surface area contributed by atoms with Gasteiger partial charge in [0.15, 0.2) is 5.41 Å². The number of esters is 2. The van der Waals surface area contributed by atoms with E-state index in [1.165, 1.54) is 0 Å². The number of carbonyl (C=O) groups excluding carboxylic acids is 2. The molecule has 0 amide bonds. The van der Waals surface area contributed by atoms with Gasteiger partial charge < -0.3 is 9.47 Å². The summed E-state index contributed by atoms with van der Waals surface area (Å²) in [5.41, 5.74) is 1.49. The molecule has 2 aromatic carbocycles. The largest absolute Gasteiger partial charge is 0.460 e. The Labute approximate surface area is 184 Å². The first-order chi connectivity index (χ1) is 14.9. The Kier molecular flexibility index (Phi) is 8.84. The second-order valence-electron chi connectivity index (χ2n) is 7.65. The van der Waals surface area contributed by atoms with E-state index in [0.29, 0.717) is 12.0 Å². The quantitative estimate of drug-likeness (QED) is 0.213. The number of allylic oxidation sites excluding steroid dienone is 2. The van der Waals surface area contributed by atoms with Crippen LogP contribution in [0.3, 0.4) is 0 Å². The average Bonchev–Trinajstić information content (AvgIpc) is 2.76. The van der Waals surface area contributed by atoms with Crippen LogP contribution in [-0.4, -0.2) is 11.9 Å². The maximum Gasteiger partial charge on any atom is 0.325 e. The number of hydrogen-bond acceptors (Lipinski definition) is 4. The lowest BCUT2D eigenvalue weighted by molar-refractivity contribution is -0.174. The molecule has 2 rings (SSSR count). The van der Waals surface area contributed by atoms with Crippen LogP contribution in [-0.2, 0) is 32.3 Å². The molecule has 31 heavy (non-hydrogen) atoms. The zero-order valence-electron chi connectivity index (χ0n) is 17.9. The summed E-state index contributed by atoms with van der Waals surface area (Å²) in [4.78, 5) is 26.4. The molecule has 0 heterocycles. The third-order valence-electron chi connectivity index (χ3n) is 4.71. The van der Waals surface area contributed by atoms with Gasteiger partial charge in [0.2, 0.25) is 0 Å². The highest BCUT2D eigenvalue weighted by molar-refractivity contribution is 6.00. The van der Waals surface area contributed by atoms with E-state index in [4.69, 9.17) is 15.9 Å². The lowest BCUT2D eigenvalue weighted by Crippen LogP contribution is -2.42. The highest BCUT2D eigenvalue weighted by Crippen LogP contribution is 2.35. The zero-order valence-corrected chi connectivity index (χ0v) is 17.9. The molecule has 0 spiro atoms. The van der Waals surface area contributed by atoms with Crippen LogP contribution in [0.25, 0.3) is 0 Å². The second kappa shape index (κ2) is 11.6. The van der Waals surface area contributed by atoms with Gasteiger partial charge in [-0.1, -0.05) is 85.0 Å². The molecule has 0 bridgehead atoms. The lowest BCUT2D eigenvalue weighted by atomic mass is 9.77. The summed E-state index contributed by atoms with van der Waals surface area (Å²) in [5.74, 6) is 1.03. The third kappa shape index (κ3) is 7.01. The molecule has 0 aliphatic carbocycles. The minimum atomic E-state index is -1.66. The Balaban J connectivity index is 2.26. The van der Waals surface area contributed by atoms with Crippen LogP contribution >= 0.6 is 0 Å². The van der Waals surface area contributed by atoms with Crippen LogP contribution in [0.5, 0.6) is 0 Å². The number of ether oxygens (including phenoxy) is 2. The molecule has 0 aliphatic rings. The predicted octanol–water partition coefficient (Wildman–Crippen LogP) is 5.40. The van der Waals surface area contributed by atoms with E-state index in [1.807, 2.05) is 67.6 Å². The van der Waals surface area contributed by atoms with Crippen LogP contribution in [0, 0.1) is 17.8 Å². The monoisotopic (exact) mass is 416 g/mol. The van der Waals surface area contributed by atoms with Gasteiger partial charge in [0, 0.05) is 6.42 Å². The Morgan fingerprint density at radius 2 is 1.35 bits per heavy atom. The third-order valence-corrected chi connectivity index (χ3v) is 4.71. The van der Waals surface area contributed by atoms with Gasteiger partial charge in [0.05, 0.1) is 0 Å². The van der Waals surface area contributed by atoms with Crippen LogP contribution in [0.2, 0.25) is 0 Å². The number of terminal acetylenes is 1. The highest BCUT2D eigenvalue weighted by atomic mass is 16.6. The fraction of sp³-hybridized carbons (Fsp3) is 0.259. The maximum atomic E-state index is 13.2. The van der Waals surface area contributed by atoms with E-state index in [2.05, 4.69) is 19.1 Å². The molecule has 0 fully saturated rings. The number of carbonyl (C=O) groups is 2. The van der Waals surface area contributed by atoms with Crippen LogP contribution in [0.1, 0.15) is 37.3 Å². The summed E-state index contributed by atoms with van der Waals surface area (Å²) < 4.78 is 11.1. The molecule has 0 N–H and O–H groups in total. The summed E-state index contributed by atoms with van der Waals surface area (Å²) >= 11 is 0. The van der Waals surface area contributed by atoms with E-state index in [1.54, 1.807) is 0 Å². The summed E-state index contributed by atoms with van der Waals surface area (Å²) in [6.45, 7) is 9.82. The van der Waals surface area contributed by atoms with E-state index in [9.17, 15) is 9.59 Å². The Bertz CT molecular complexity index is 896. The van der Waals surface area contributed by atoms with Crippen molar-refractivity contribution >= 4 is 11.9 Å². The predicted molar refractivity (Wildman–Crippen MR) is 122 cm³/mol. The minimum absolute atomic E-state index is 0.0327. The van der Waals surface area contributed by atoms with Crippen molar-refractivity contribution in [3.63, 3.8) is 0 Å². The van der Waals surface area contributed by atoms with Crippen LogP contribution in [0.4, 0.5) is 0 Å². The topological polar surface area (TPSA) is 52.6 Å². The van der Waals surface area contributed by atoms with Gasteiger partial charge in [-0.25, -0.2) is 0 Å². The van der Waals surface area contributed by atoms with Gasteiger partial charge in [-0.05, 0) is 30.9 Å². The van der Waals surface area contributed by atoms with Crippen molar-refractivity contribution in [2.45, 2.75) is 39.4 Å². The van der Waals surface area contributed by atoms with Crippen molar-refractivity contribution in [3.05, 3.63) is 96.1 Å². The fourth-order valence-electron chi connectivity index (χ4n) is 3.25. The average molecular weight is 417 g/mol. The maximum absolute atomic E-state index is 13.2. The minimum Gasteiger partial charge on any atom is -0.460 e. The molecule has 0 aromatic heterocycles. The van der Waals surface area contributed by atoms with Crippen molar-refractivity contribution in [2.24, 2.45) is 5.41 Å². The van der Waals surface area contributed by atoms with E-state index in [0.717, 1.165) is 16.7 Å². The number of benzene rings is 2. The molecule has 0 unspecified atom stereocenters. The summed E-state index contributed by atoms with van der Waals surface area (Å²) in [5, 5.41) is 0. The molecular formula is C27H28O4. The number of hydrogen-bond donors (Lipinski definition) is 0. The molecule has 4 nitrogen and oxygen atoms in total. The van der Waals surface area contributed by atoms with Gasteiger partial charge in [0.25, 0.3) is 0 Å². The van der Waals surface area contributed by atoms with Gasteiger partial charge in [-0.15, -0.1) is 12.3 Å². The summed E-state index contributed by atoms with van der Waals surface area (Å²) in [7, 11) is 0. The SMILES string of the molecule is C#CCC(CC(=C)CC(=C)C)(C(=O)OCc1ccccc1)C(=O)OCc1ccccc1. The molecule has 0 atom stereocenters. The smallest absolute Gasteiger partial charge is 0.325 e. The second-order valence-corrected chi connectivity index (χ2v) is 7.65. The van der Waals surface area contributed by atoms with E-state index in [-0.39, 0.29) is 26.1 Å². The Hall–Kier alpha value is -3.58. The zero-order chi connectivity index (χ0) is 22.7. The van der Waals surface area contributed by atoms with Gasteiger partial charge in [-0.2, -0.15) is 0 Å². The molecule has 2 aromatic rings. The standard InChI is InChI=1S/C27H28O4/c1-5-16-27(18-22(4)17-21(2)3,25(28)30-19-23-12-8-6-9-13-23)26(29)31-20-24-14-10-7-11-15-24/h1,6-15H,2,4,16-20H2,3H3. The van der Waals surface area contributed by atoms with Crippen molar-refractivity contribution < 1.29 is 19.1 Å².